The Kier molecular flexibility index (Phi) is 11.8. The van der Waals surface area contributed by atoms with Gasteiger partial charge >= 0.3 is 0 Å². The summed E-state index contributed by atoms with van der Waals surface area (Å²) in [6, 6.07) is 0. The Bertz CT molecular complexity index is 476. The van der Waals surface area contributed by atoms with Gasteiger partial charge in [0.15, 0.2) is 0 Å². The van der Waals surface area contributed by atoms with Crippen molar-refractivity contribution in [1.82, 2.24) is 0 Å². The molecule has 0 fully saturated rings. The zero-order valence-electron chi connectivity index (χ0n) is 23.1. The normalized spacial score (nSPS) is 17.8. The molecular weight excluding hydrogens is 416 g/mol. The Morgan fingerprint density at radius 3 is 0.812 bits per heavy atom. The first-order chi connectivity index (χ1) is 14.0. The molecule has 0 aromatic carbocycles. The molecule has 8 nitrogen and oxygen atoms in total. The molecule has 32 heavy (non-hydrogen) atoms. The van der Waals surface area contributed by atoms with Gasteiger partial charge < -0.3 is 0 Å². The summed E-state index contributed by atoms with van der Waals surface area (Å²) in [4.78, 5) is 44.8. The summed E-state index contributed by atoms with van der Waals surface area (Å²) in [5.74, 6) is 0. The number of hydrogen-bond acceptors (Lipinski definition) is 8. The summed E-state index contributed by atoms with van der Waals surface area (Å²) in [5.41, 5.74) is -3.47. The van der Waals surface area contributed by atoms with E-state index in [-0.39, 0.29) is 13.2 Å². The Hall–Kier alpha value is -0.320. The van der Waals surface area contributed by atoms with E-state index >= 15 is 0 Å². The van der Waals surface area contributed by atoms with Crippen molar-refractivity contribution in [2.45, 2.75) is 143 Å². The maximum absolute atomic E-state index is 5.83. The van der Waals surface area contributed by atoms with Crippen molar-refractivity contribution < 1.29 is 39.1 Å². The second-order valence-electron chi connectivity index (χ2n) is 12.9. The van der Waals surface area contributed by atoms with Crippen LogP contribution in [0.3, 0.4) is 0 Å². The van der Waals surface area contributed by atoms with Gasteiger partial charge in [0.2, 0.25) is 0 Å². The number of rotatable bonds is 13. The van der Waals surface area contributed by atoms with Crippen LogP contribution in [-0.2, 0) is 39.1 Å². The third kappa shape index (κ3) is 18.1. The van der Waals surface area contributed by atoms with E-state index in [1.54, 1.807) is 0 Å². The molecule has 0 heterocycles. The summed E-state index contributed by atoms with van der Waals surface area (Å²) < 4.78 is 0. The van der Waals surface area contributed by atoms with Crippen molar-refractivity contribution in [2.24, 2.45) is 0 Å². The summed E-state index contributed by atoms with van der Waals surface area (Å²) in [5, 5.41) is 0. The minimum Gasteiger partial charge on any atom is -0.233 e. The van der Waals surface area contributed by atoms with Crippen LogP contribution in [-0.4, -0.2) is 46.8 Å². The van der Waals surface area contributed by atoms with Gasteiger partial charge in [-0.25, -0.2) is 39.1 Å². The van der Waals surface area contributed by atoms with Crippen LogP contribution in [0.1, 0.15) is 110 Å². The van der Waals surface area contributed by atoms with Gasteiger partial charge in [-0.2, -0.15) is 0 Å². The Morgan fingerprint density at radius 1 is 0.344 bits per heavy atom. The highest BCUT2D eigenvalue weighted by Crippen LogP contribution is 2.30. The highest BCUT2D eigenvalue weighted by atomic mass is 17.2. The second kappa shape index (κ2) is 11.9. The highest BCUT2D eigenvalue weighted by molar-refractivity contribution is 4.82. The van der Waals surface area contributed by atoms with Crippen molar-refractivity contribution in [1.29, 1.82) is 0 Å². The van der Waals surface area contributed by atoms with E-state index in [9.17, 15) is 0 Å². The largest absolute Gasteiger partial charge is 0.233 e. The molecule has 0 aliphatic carbocycles. The predicted molar refractivity (Wildman–Crippen MR) is 123 cm³/mol. The van der Waals surface area contributed by atoms with Gasteiger partial charge in [0, 0.05) is 0 Å². The van der Waals surface area contributed by atoms with E-state index in [1.165, 1.54) is 0 Å². The summed E-state index contributed by atoms with van der Waals surface area (Å²) in [7, 11) is 0. The van der Waals surface area contributed by atoms with Crippen LogP contribution in [0.4, 0.5) is 0 Å². The molecule has 8 heteroatoms. The molecule has 0 saturated carbocycles. The molecule has 0 aromatic heterocycles. The van der Waals surface area contributed by atoms with E-state index in [0.29, 0.717) is 12.8 Å². The fourth-order valence-electron chi connectivity index (χ4n) is 1.92. The van der Waals surface area contributed by atoms with Crippen LogP contribution in [0.5, 0.6) is 0 Å². The van der Waals surface area contributed by atoms with Gasteiger partial charge in [-0.15, -0.1) is 0 Å². The number of hydrogen-bond donors (Lipinski definition) is 0. The van der Waals surface area contributed by atoms with E-state index in [2.05, 4.69) is 0 Å². The monoisotopic (exact) mass is 466 g/mol. The molecule has 0 N–H and O–H groups in total. The Balaban J connectivity index is 5.32. The first kappa shape index (κ1) is 31.7. The quantitative estimate of drug-likeness (QED) is 0.232. The highest BCUT2D eigenvalue weighted by Gasteiger charge is 2.38. The summed E-state index contributed by atoms with van der Waals surface area (Å²) in [6.45, 7) is 27.1. The van der Waals surface area contributed by atoms with Crippen LogP contribution in [0.15, 0.2) is 0 Å². The molecule has 0 saturated heterocycles. The second-order valence-corrected chi connectivity index (χ2v) is 12.9. The summed E-state index contributed by atoms with van der Waals surface area (Å²) in [6.07, 6.45) is 1.03. The van der Waals surface area contributed by atoms with E-state index < -0.39 is 33.6 Å². The van der Waals surface area contributed by atoms with Crippen molar-refractivity contribution in [3.8, 4) is 0 Å². The fraction of sp³-hybridized carbons (Fsp3) is 1.00. The molecule has 2 unspecified atom stereocenters. The fourth-order valence-corrected chi connectivity index (χ4v) is 1.92. The van der Waals surface area contributed by atoms with Crippen molar-refractivity contribution in [2.75, 3.05) is 13.2 Å². The third-order valence-corrected chi connectivity index (χ3v) is 3.51. The Morgan fingerprint density at radius 2 is 0.594 bits per heavy atom. The molecular formula is C24H50O8. The van der Waals surface area contributed by atoms with Crippen molar-refractivity contribution >= 4 is 0 Å². The smallest absolute Gasteiger partial charge is 0.127 e. The van der Waals surface area contributed by atoms with Crippen LogP contribution < -0.4 is 0 Å². The van der Waals surface area contributed by atoms with Crippen LogP contribution >= 0.6 is 0 Å². The van der Waals surface area contributed by atoms with Crippen LogP contribution in [0.2, 0.25) is 0 Å². The first-order valence-corrected chi connectivity index (χ1v) is 11.4. The van der Waals surface area contributed by atoms with Gasteiger partial charge in [-0.05, 0) is 110 Å². The molecule has 0 radical (unpaired) electrons. The molecule has 0 rings (SSSR count). The molecule has 2 atom stereocenters. The average molecular weight is 467 g/mol. The van der Waals surface area contributed by atoms with Gasteiger partial charge in [0.1, 0.15) is 24.4 Å². The predicted octanol–water partition coefficient (Wildman–Crippen LogP) is 6.27. The lowest BCUT2D eigenvalue weighted by Crippen LogP contribution is -2.43. The van der Waals surface area contributed by atoms with Gasteiger partial charge in [-0.1, -0.05) is 0 Å². The SMILES string of the molecule is CC(C)(C)OOCC(C)(CCC(C)(COOC(C)(C)C)OOC(C)(C)C)OOC(C)(C)C. The minimum absolute atomic E-state index is 0.163. The zero-order valence-corrected chi connectivity index (χ0v) is 23.1. The molecule has 0 amide bonds. The maximum atomic E-state index is 5.83. The van der Waals surface area contributed by atoms with Crippen molar-refractivity contribution in [3.05, 3.63) is 0 Å². The molecule has 0 bridgehead atoms. The minimum atomic E-state index is -0.810. The molecule has 0 aliphatic heterocycles. The topological polar surface area (TPSA) is 73.8 Å². The van der Waals surface area contributed by atoms with E-state index in [0.717, 1.165) is 0 Å². The van der Waals surface area contributed by atoms with Gasteiger partial charge in [-0.3, -0.25) is 0 Å². The lowest BCUT2D eigenvalue weighted by Gasteiger charge is -2.36. The van der Waals surface area contributed by atoms with Crippen molar-refractivity contribution in [3.63, 3.8) is 0 Å². The lowest BCUT2D eigenvalue weighted by molar-refractivity contribution is -0.447. The Labute approximate surface area is 196 Å². The standard InChI is InChI=1S/C24H50O8/c1-19(2,3)27-25-17-23(13,31-29-21(7,8)9)15-16-24(14,32-30-22(10,11)12)18-26-28-20(4,5)6/h15-18H2,1-14H3. The third-order valence-electron chi connectivity index (χ3n) is 3.51. The lowest BCUT2D eigenvalue weighted by atomic mass is 9.92. The van der Waals surface area contributed by atoms with E-state index in [4.69, 9.17) is 39.1 Å². The molecule has 0 aliphatic rings. The zero-order chi connectivity index (χ0) is 25.5. The molecule has 194 valence electrons. The van der Waals surface area contributed by atoms with E-state index in [1.807, 2.05) is 96.9 Å². The molecule has 0 spiro atoms. The van der Waals surface area contributed by atoms with Crippen LogP contribution in [0.25, 0.3) is 0 Å². The summed E-state index contributed by atoms with van der Waals surface area (Å²) >= 11 is 0. The van der Waals surface area contributed by atoms with Gasteiger partial charge in [0.05, 0.1) is 22.4 Å². The average Bonchev–Trinajstić information content (AvgIpc) is 2.53. The van der Waals surface area contributed by atoms with Crippen LogP contribution in [0, 0.1) is 0 Å². The first-order valence-electron chi connectivity index (χ1n) is 11.4. The van der Waals surface area contributed by atoms with Gasteiger partial charge in [0.25, 0.3) is 0 Å². The molecule has 0 aromatic rings. The maximum Gasteiger partial charge on any atom is 0.127 e.